The number of benzene rings is 2. The lowest BCUT2D eigenvalue weighted by Gasteiger charge is -2.34. The van der Waals surface area contributed by atoms with Crippen LogP contribution in [0.25, 0.3) is 22.2 Å². The number of carbonyl (C=O) groups excluding carboxylic acids is 2. The van der Waals surface area contributed by atoms with Crippen LogP contribution >= 0.6 is 0 Å². The summed E-state index contributed by atoms with van der Waals surface area (Å²) in [5.41, 5.74) is 0.968. The molecule has 2 aromatic carbocycles. The van der Waals surface area contributed by atoms with Crippen LogP contribution in [0.15, 0.2) is 79.1 Å². The average molecular weight is 589 g/mol. The molecule has 6 rings (SSSR count). The predicted molar refractivity (Wildman–Crippen MR) is 153 cm³/mol. The van der Waals surface area contributed by atoms with Gasteiger partial charge in [-0.1, -0.05) is 36.4 Å². The minimum Gasteiger partial charge on any atom is -0.339 e. The van der Waals surface area contributed by atoms with Crippen molar-refractivity contribution in [2.45, 2.75) is 19.3 Å². The van der Waals surface area contributed by atoms with E-state index in [0.29, 0.717) is 29.7 Å². The number of hydrogen-bond donors (Lipinski definition) is 2. The van der Waals surface area contributed by atoms with E-state index in [2.05, 4.69) is 37.5 Å². The number of nitrogens with one attached hydrogen (secondary N) is 2. The number of alkyl halides is 3. The van der Waals surface area contributed by atoms with E-state index in [1.807, 2.05) is 28.2 Å². The van der Waals surface area contributed by atoms with Crippen molar-refractivity contribution in [2.75, 3.05) is 31.5 Å². The Morgan fingerprint density at radius 2 is 1.74 bits per heavy atom. The molecule has 220 valence electrons. The third-order valence-corrected chi connectivity index (χ3v) is 7.26. The molecule has 10 nitrogen and oxygen atoms in total. The number of aromatic amines is 1. The van der Waals surface area contributed by atoms with Crippen LogP contribution in [0.5, 0.6) is 0 Å². The average Bonchev–Trinajstić information content (AvgIpc) is 3.65. The van der Waals surface area contributed by atoms with Crippen LogP contribution in [0.3, 0.4) is 0 Å². The van der Waals surface area contributed by atoms with Gasteiger partial charge >= 0.3 is 6.18 Å². The summed E-state index contributed by atoms with van der Waals surface area (Å²) in [5.74, 6) is -0.606. The second-order valence-electron chi connectivity index (χ2n) is 10.3. The van der Waals surface area contributed by atoms with Crippen LogP contribution in [-0.4, -0.2) is 72.8 Å². The Balaban J connectivity index is 1.08. The summed E-state index contributed by atoms with van der Waals surface area (Å²) in [6.07, 6.45) is -1.88. The molecule has 1 saturated heterocycles. The van der Waals surface area contributed by atoms with Crippen LogP contribution in [0.2, 0.25) is 0 Å². The fourth-order valence-corrected chi connectivity index (χ4v) is 5.07. The first kappa shape index (κ1) is 28.1. The summed E-state index contributed by atoms with van der Waals surface area (Å²) in [5, 5.41) is 13.4. The maximum absolute atomic E-state index is 13.3. The zero-order valence-electron chi connectivity index (χ0n) is 22.9. The first-order valence-electron chi connectivity index (χ1n) is 13.6. The molecule has 5 aromatic rings. The summed E-state index contributed by atoms with van der Waals surface area (Å²) in [6, 6.07) is 19.6. The van der Waals surface area contributed by atoms with Crippen molar-refractivity contribution in [2.24, 2.45) is 0 Å². The number of H-pyrrole nitrogens is 1. The van der Waals surface area contributed by atoms with Gasteiger partial charge in [-0.2, -0.15) is 23.4 Å². The summed E-state index contributed by atoms with van der Waals surface area (Å²) in [4.78, 5) is 34.2. The maximum atomic E-state index is 13.3. The first-order valence-corrected chi connectivity index (χ1v) is 13.6. The lowest BCUT2D eigenvalue weighted by molar-refractivity contribution is -0.140. The number of pyridine rings is 1. The van der Waals surface area contributed by atoms with Crippen molar-refractivity contribution in [1.82, 2.24) is 34.8 Å². The molecule has 3 aromatic heterocycles. The Morgan fingerprint density at radius 1 is 0.953 bits per heavy atom. The molecule has 1 aliphatic rings. The smallest absolute Gasteiger partial charge is 0.339 e. The summed E-state index contributed by atoms with van der Waals surface area (Å²) >= 11 is 0. The maximum Gasteiger partial charge on any atom is 0.433 e. The lowest BCUT2D eigenvalue weighted by Crippen LogP contribution is -2.49. The van der Waals surface area contributed by atoms with Crippen molar-refractivity contribution in [1.29, 1.82) is 0 Å². The number of nitrogens with zero attached hydrogens (tertiary/aromatic N) is 6. The fourth-order valence-electron chi connectivity index (χ4n) is 5.07. The van der Waals surface area contributed by atoms with E-state index >= 15 is 0 Å². The van der Waals surface area contributed by atoms with Crippen molar-refractivity contribution < 1.29 is 22.8 Å². The molecule has 0 atom stereocenters. The summed E-state index contributed by atoms with van der Waals surface area (Å²) < 4.78 is 41.4. The van der Waals surface area contributed by atoms with Gasteiger partial charge in [0, 0.05) is 50.0 Å². The van der Waals surface area contributed by atoms with Crippen LogP contribution in [0, 0.1) is 0 Å². The van der Waals surface area contributed by atoms with Gasteiger partial charge in [0.25, 0.3) is 5.91 Å². The highest BCUT2D eigenvalue weighted by Crippen LogP contribution is 2.34. The van der Waals surface area contributed by atoms with Crippen LogP contribution in [0.1, 0.15) is 21.7 Å². The van der Waals surface area contributed by atoms with Crippen molar-refractivity contribution in [3.8, 4) is 11.3 Å². The van der Waals surface area contributed by atoms with E-state index in [9.17, 15) is 22.8 Å². The molecule has 4 heterocycles. The Kier molecular flexibility index (Phi) is 7.63. The highest BCUT2D eigenvalue weighted by atomic mass is 19.4. The van der Waals surface area contributed by atoms with E-state index in [1.165, 1.54) is 23.8 Å². The van der Waals surface area contributed by atoms with Gasteiger partial charge in [0.1, 0.15) is 17.9 Å². The molecular weight excluding hydrogens is 561 g/mol. The van der Waals surface area contributed by atoms with Crippen LogP contribution < -0.4 is 5.32 Å². The molecule has 2 amide bonds. The normalized spacial score (nSPS) is 14.3. The lowest BCUT2D eigenvalue weighted by atomic mass is 10.1. The van der Waals surface area contributed by atoms with Gasteiger partial charge in [0.15, 0.2) is 0 Å². The van der Waals surface area contributed by atoms with E-state index in [0.717, 1.165) is 25.8 Å². The highest BCUT2D eigenvalue weighted by molar-refractivity contribution is 6.04. The topological polar surface area (TPSA) is 112 Å². The molecule has 0 aliphatic carbocycles. The molecule has 0 saturated carbocycles. The van der Waals surface area contributed by atoms with Gasteiger partial charge in [-0.15, -0.1) is 0 Å². The Bertz CT molecular complexity index is 1760. The summed E-state index contributed by atoms with van der Waals surface area (Å²) in [6.45, 7) is 3.85. The van der Waals surface area contributed by atoms with Crippen molar-refractivity contribution in [3.05, 3.63) is 96.1 Å². The number of hydrogen-bond acceptors (Lipinski definition) is 6. The highest BCUT2D eigenvalue weighted by Gasteiger charge is 2.36. The van der Waals surface area contributed by atoms with Gasteiger partial charge in [-0.05, 0) is 35.9 Å². The third kappa shape index (κ3) is 6.41. The number of carbonyl (C=O) groups is 2. The zero-order chi connectivity index (χ0) is 30.0. The van der Waals surface area contributed by atoms with Crippen LogP contribution in [-0.2, 0) is 24.1 Å². The SMILES string of the molecule is O=C(Nc1ccc2nn(CC(=O)N3CCN(Cc4ccccc4)CC3)cc2c1)c1cccc(-c2cn[nH]c2C(F)(F)F)n1. The number of rotatable bonds is 7. The number of piperazine rings is 1. The molecule has 0 unspecified atom stereocenters. The monoisotopic (exact) mass is 588 g/mol. The van der Waals surface area contributed by atoms with Gasteiger partial charge in [0.2, 0.25) is 5.91 Å². The number of halogens is 3. The Labute approximate surface area is 244 Å². The number of amides is 2. The molecular formula is C30H27F3N8O2. The molecule has 2 N–H and O–H groups in total. The van der Waals surface area contributed by atoms with E-state index in [-0.39, 0.29) is 29.4 Å². The van der Waals surface area contributed by atoms with E-state index in [4.69, 9.17) is 0 Å². The quantitative estimate of drug-likeness (QED) is 0.291. The van der Waals surface area contributed by atoms with Crippen LogP contribution in [0.4, 0.5) is 18.9 Å². The molecule has 1 fully saturated rings. The first-order chi connectivity index (χ1) is 20.7. The Morgan fingerprint density at radius 3 is 2.51 bits per heavy atom. The van der Waals surface area contributed by atoms with Gasteiger partial charge in [-0.25, -0.2) is 4.98 Å². The van der Waals surface area contributed by atoms with E-state index in [1.54, 1.807) is 29.1 Å². The third-order valence-electron chi connectivity index (χ3n) is 7.26. The molecule has 43 heavy (non-hydrogen) atoms. The van der Waals surface area contributed by atoms with Gasteiger partial charge in [-0.3, -0.25) is 24.3 Å². The minimum atomic E-state index is -4.65. The standard InChI is InChI=1S/C30H27F3N8O2/c31-30(32,33)28-23(16-34-37-28)25-7-4-8-26(36-25)29(43)35-22-9-10-24-21(15-22)18-41(38-24)19-27(42)40-13-11-39(12-14-40)17-20-5-2-1-3-6-20/h1-10,15-16,18H,11-14,17,19H2,(H,34,37)(H,35,43). The van der Waals surface area contributed by atoms with Crippen molar-refractivity contribution in [3.63, 3.8) is 0 Å². The number of fused-ring (bicyclic) bond motifs is 1. The number of anilines is 1. The second-order valence-corrected chi connectivity index (χ2v) is 10.3. The van der Waals surface area contributed by atoms with Crippen molar-refractivity contribution >= 4 is 28.4 Å². The largest absolute Gasteiger partial charge is 0.433 e. The molecule has 0 bridgehead atoms. The summed E-state index contributed by atoms with van der Waals surface area (Å²) in [7, 11) is 0. The Hall–Kier alpha value is -5.04. The minimum absolute atomic E-state index is 0.0158. The predicted octanol–water partition coefficient (Wildman–Crippen LogP) is 4.44. The zero-order valence-corrected chi connectivity index (χ0v) is 22.9. The molecule has 1 aliphatic heterocycles. The molecule has 13 heteroatoms. The van der Waals surface area contributed by atoms with Gasteiger partial charge in [0.05, 0.1) is 23.0 Å². The second kappa shape index (κ2) is 11.7. The van der Waals surface area contributed by atoms with E-state index < -0.39 is 17.8 Å². The molecule has 0 spiro atoms. The van der Waals surface area contributed by atoms with Gasteiger partial charge < -0.3 is 10.2 Å². The number of aromatic nitrogens is 5. The fraction of sp³-hybridized carbons (Fsp3) is 0.233. The molecule has 0 radical (unpaired) electrons.